The van der Waals surface area contributed by atoms with Gasteiger partial charge in [-0.3, -0.25) is 4.99 Å². The van der Waals surface area contributed by atoms with Crippen LogP contribution >= 0.6 is 0 Å². The van der Waals surface area contributed by atoms with Crippen molar-refractivity contribution in [3.05, 3.63) is 29.8 Å². The van der Waals surface area contributed by atoms with Gasteiger partial charge in [-0.2, -0.15) is 0 Å². The lowest BCUT2D eigenvalue weighted by molar-refractivity contribution is 0.0574. The van der Waals surface area contributed by atoms with Gasteiger partial charge in [0.25, 0.3) is 0 Å². The van der Waals surface area contributed by atoms with Gasteiger partial charge in [0, 0.05) is 39.3 Å². The summed E-state index contributed by atoms with van der Waals surface area (Å²) in [5.41, 5.74) is 0.0637. The predicted octanol–water partition coefficient (Wildman–Crippen LogP) is 3.06. The fraction of sp³-hybridized carbons (Fsp3) is 0.650. The average molecular weight is 380 g/mol. The summed E-state index contributed by atoms with van der Waals surface area (Å²) in [6, 6.07) is 4.09. The van der Waals surface area contributed by atoms with E-state index in [1.807, 2.05) is 0 Å². The molecule has 27 heavy (non-hydrogen) atoms. The van der Waals surface area contributed by atoms with E-state index in [2.05, 4.69) is 15.6 Å². The van der Waals surface area contributed by atoms with Crippen molar-refractivity contribution < 1.29 is 13.5 Å². The smallest absolute Gasteiger partial charge is 0.191 e. The molecule has 1 aliphatic carbocycles. The number of halogens is 2. The maximum atomic E-state index is 14.0. The fourth-order valence-electron chi connectivity index (χ4n) is 3.84. The fourth-order valence-corrected chi connectivity index (χ4v) is 3.84. The lowest BCUT2D eigenvalue weighted by atomic mass is 10.2. The normalized spacial score (nSPS) is 21.1. The van der Waals surface area contributed by atoms with Crippen LogP contribution in [0.4, 0.5) is 14.5 Å². The Bertz CT molecular complexity index is 614. The predicted molar refractivity (Wildman–Crippen MR) is 104 cm³/mol. The topological polar surface area (TPSA) is 48.9 Å². The van der Waals surface area contributed by atoms with Gasteiger partial charge in [0.05, 0.1) is 6.10 Å². The highest BCUT2D eigenvalue weighted by Gasteiger charge is 2.27. The number of guanidine groups is 1. The van der Waals surface area contributed by atoms with Gasteiger partial charge in [0.15, 0.2) is 5.96 Å². The van der Waals surface area contributed by atoms with Crippen LogP contribution in [0, 0.1) is 11.6 Å². The molecule has 0 spiro atoms. The average Bonchev–Trinajstić information content (AvgIpc) is 3.32. The van der Waals surface area contributed by atoms with Crippen LogP contribution in [-0.4, -0.2) is 51.4 Å². The molecule has 1 atom stereocenters. The first kappa shape index (κ1) is 19.9. The summed E-state index contributed by atoms with van der Waals surface area (Å²) < 4.78 is 33.8. The van der Waals surface area contributed by atoms with Gasteiger partial charge in [-0.25, -0.2) is 8.78 Å². The van der Waals surface area contributed by atoms with Crippen LogP contribution in [0.1, 0.15) is 38.5 Å². The molecule has 0 radical (unpaired) electrons. The Morgan fingerprint density at radius 3 is 2.67 bits per heavy atom. The lowest BCUT2D eigenvalue weighted by Gasteiger charge is -2.21. The molecule has 2 aliphatic rings. The van der Waals surface area contributed by atoms with E-state index in [0.717, 1.165) is 32.0 Å². The van der Waals surface area contributed by atoms with Crippen LogP contribution in [0.2, 0.25) is 0 Å². The molecule has 2 fully saturated rings. The number of nitrogens with one attached hydrogen (secondary N) is 2. The van der Waals surface area contributed by atoms with Gasteiger partial charge in [-0.1, -0.05) is 18.9 Å². The zero-order chi connectivity index (χ0) is 19.1. The first-order valence-corrected chi connectivity index (χ1v) is 9.95. The first-order chi connectivity index (χ1) is 13.2. The third-order valence-corrected chi connectivity index (χ3v) is 5.28. The molecule has 150 valence electrons. The highest BCUT2D eigenvalue weighted by molar-refractivity contribution is 5.80. The van der Waals surface area contributed by atoms with Crippen LogP contribution in [-0.2, 0) is 4.74 Å². The maximum Gasteiger partial charge on any atom is 0.191 e. The third kappa shape index (κ3) is 5.54. The van der Waals surface area contributed by atoms with E-state index in [9.17, 15) is 8.78 Å². The number of benzene rings is 1. The van der Waals surface area contributed by atoms with Gasteiger partial charge < -0.3 is 20.3 Å². The van der Waals surface area contributed by atoms with Crippen molar-refractivity contribution in [1.29, 1.82) is 0 Å². The summed E-state index contributed by atoms with van der Waals surface area (Å²) in [6.45, 7) is 2.70. The summed E-state index contributed by atoms with van der Waals surface area (Å²) >= 11 is 0. The second-order valence-corrected chi connectivity index (χ2v) is 7.28. The number of anilines is 1. The molecule has 7 heteroatoms. The van der Waals surface area contributed by atoms with E-state index >= 15 is 0 Å². The van der Waals surface area contributed by atoms with Crippen molar-refractivity contribution >= 4 is 11.6 Å². The molecule has 1 unspecified atom stereocenters. The van der Waals surface area contributed by atoms with Crippen molar-refractivity contribution in [2.24, 2.45) is 4.99 Å². The highest BCUT2D eigenvalue weighted by Crippen LogP contribution is 2.26. The number of hydrogen-bond donors (Lipinski definition) is 2. The van der Waals surface area contributed by atoms with E-state index in [4.69, 9.17) is 4.74 Å². The summed E-state index contributed by atoms with van der Waals surface area (Å²) in [5.74, 6) is -0.308. The van der Waals surface area contributed by atoms with Crippen LogP contribution in [0.15, 0.2) is 23.2 Å². The zero-order valence-electron chi connectivity index (χ0n) is 16.0. The molecule has 1 aliphatic heterocycles. The molecule has 1 saturated heterocycles. The molecule has 1 aromatic rings. The molecule has 0 bridgehead atoms. The number of aliphatic imine (C=N–C) groups is 1. The molecule has 0 amide bonds. The highest BCUT2D eigenvalue weighted by atomic mass is 19.1. The van der Waals surface area contributed by atoms with Crippen LogP contribution in [0.25, 0.3) is 0 Å². The van der Waals surface area contributed by atoms with Gasteiger partial charge in [0.2, 0.25) is 0 Å². The lowest BCUT2D eigenvalue weighted by Crippen LogP contribution is -2.45. The van der Waals surface area contributed by atoms with E-state index in [-0.39, 0.29) is 11.7 Å². The van der Waals surface area contributed by atoms with Crippen LogP contribution in [0.3, 0.4) is 0 Å². The second-order valence-electron chi connectivity index (χ2n) is 7.28. The third-order valence-electron chi connectivity index (χ3n) is 5.28. The van der Waals surface area contributed by atoms with E-state index < -0.39 is 11.6 Å². The van der Waals surface area contributed by atoms with Crippen molar-refractivity contribution in [3.8, 4) is 0 Å². The number of hydrogen-bond acceptors (Lipinski definition) is 3. The number of rotatable bonds is 7. The van der Waals surface area contributed by atoms with E-state index in [1.165, 1.54) is 43.9 Å². The molecule has 1 aromatic carbocycles. The van der Waals surface area contributed by atoms with Gasteiger partial charge in [0.1, 0.15) is 17.3 Å². The Hall–Kier alpha value is -1.89. The largest absolute Gasteiger partial charge is 0.378 e. The first-order valence-electron chi connectivity index (χ1n) is 9.95. The second kappa shape index (κ2) is 9.88. The Kier molecular flexibility index (Phi) is 7.26. The van der Waals surface area contributed by atoms with Gasteiger partial charge >= 0.3 is 0 Å². The van der Waals surface area contributed by atoms with Crippen LogP contribution in [0.5, 0.6) is 0 Å². The summed E-state index contributed by atoms with van der Waals surface area (Å²) in [7, 11) is 1.73. The SMILES string of the molecule is CN=C(NCCCOC1CCCC1)NC1CCN(c2c(F)cccc2F)C1. The molecule has 1 saturated carbocycles. The Labute approximate surface area is 160 Å². The Morgan fingerprint density at radius 2 is 1.96 bits per heavy atom. The number of nitrogens with zero attached hydrogens (tertiary/aromatic N) is 2. The van der Waals surface area contributed by atoms with Crippen molar-refractivity contribution in [1.82, 2.24) is 10.6 Å². The Morgan fingerprint density at radius 1 is 1.22 bits per heavy atom. The van der Waals surface area contributed by atoms with Gasteiger partial charge in [-0.15, -0.1) is 0 Å². The van der Waals surface area contributed by atoms with Gasteiger partial charge in [-0.05, 0) is 37.8 Å². The minimum Gasteiger partial charge on any atom is -0.378 e. The van der Waals surface area contributed by atoms with Crippen molar-refractivity contribution in [3.63, 3.8) is 0 Å². The summed E-state index contributed by atoms with van der Waals surface area (Å²) in [6.07, 6.45) is 7.14. The molecular weight excluding hydrogens is 350 g/mol. The molecule has 3 rings (SSSR count). The molecule has 0 aromatic heterocycles. The molecule has 5 nitrogen and oxygen atoms in total. The quantitative estimate of drug-likeness (QED) is 0.434. The zero-order valence-corrected chi connectivity index (χ0v) is 16.0. The number of ether oxygens (including phenoxy) is 1. The van der Waals surface area contributed by atoms with E-state index in [1.54, 1.807) is 11.9 Å². The molecule has 2 N–H and O–H groups in total. The summed E-state index contributed by atoms with van der Waals surface area (Å²) in [5, 5.41) is 6.64. The molecule has 1 heterocycles. The Balaban J connectivity index is 1.38. The minimum atomic E-state index is -0.514. The van der Waals surface area contributed by atoms with Crippen LogP contribution < -0.4 is 15.5 Å². The number of para-hydroxylation sites is 1. The summed E-state index contributed by atoms with van der Waals surface area (Å²) in [4.78, 5) is 6.00. The minimum absolute atomic E-state index is 0.0637. The van der Waals surface area contributed by atoms with Crippen molar-refractivity contribution in [2.45, 2.75) is 50.7 Å². The maximum absolute atomic E-state index is 14.0. The van der Waals surface area contributed by atoms with Crippen molar-refractivity contribution in [2.75, 3.05) is 38.2 Å². The standard InChI is InChI=1S/C20H30F2N4O/c1-23-20(24-11-5-13-27-16-6-2-3-7-16)25-15-10-12-26(14-15)19-17(21)8-4-9-18(19)22/h4,8-9,15-16H,2-3,5-7,10-14H2,1H3,(H2,23,24,25). The monoisotopic (exact) mass is 380 g/mol. The molecular formula is C20H30F2N4O. The van der Waals surface area contributed by atoms with E-state index in [0.29, 0.717) is 19.2 Å².